The van der Waals surface area contributed by atoms with Crippen LogP contribution in [0.3, 0.4) is 0 Å². The van der Waals surface area contributed by atoms with E-state index in [0.717, 1.165) is 0 Å². The van der Waals surface area contributed by atoms with E-state index in [1.165, 1.54) is 27.7 Å². The molecule has 11 heteroatoms. The molecule has 0 aromatic carbocycles. The molecule has 0 saturated carbocycles. The van der Waals surface area contributed by atoms with Crippen molar-refractivity contribution in [2.24, 2.45) is 20.5 Å². The van der Waals surface area contributed by atoms with E-state index < -0.39 is 11.6 Å². The summed E-state index contributed by atoms with van der Waals surface area (Å²) in [7, 11) is 0. The Kier molecular flexibility index (Phi) is 8.15. The van der Waals surface area contributed by atoms with Gasteiger partial charge in [-0.1, -0.05) is 10.3 Å². The maximum absolute atomic E-state index is 11.1. The highest BCUT2D eigenvalue weighted by Crippen LogP contribution is 1.88. The number of carbonyl (C=O) groups excluding carboxylic acids is 2. The molecule has 0 fully saturated rings. The van der Waals surface area contributed by atoms with Crippen molar-refractivity contribution in [2.75, 3.05) is 0 Å². The van der Waals surface area contributed by atoms with Crippen LogP contribution in [0.15, 0.2) is 20.5 Å². The number of Topliss-reactive ketones (excluding diaryl/α,β-unsaturated/α-hetero) is 2. The number of hydrogen-bond acceptors (Lipinski definition) is 9. The quantitative estimate of drug-likeness (QED) is 0.233. The molecule has 0 aromatic rings. The predicted molar refractivity (Wildman–Crippen MR) is 84.9 cm³/mol. The Bertz CT molecular complexity index is 543. The van der Waals surface area contributed by atoms with Gasteiger partial charge in [-0.2, -0.15) is 10.2 Å². The summed E-state index contributed by atoms with van der Waals surface area (Å²) in [5.74, 6) is -0.938. The maximum Gasteiger partial charge on any atom is 0.207 e. The van der Waals surface area contributed by atoms with E-state index in [4.69, 9.17) is 22.6 Å². The van der Waals surface area contributed by atoms with E-state index in [1.807, 2.05) is 0 Å². The van der Waals surface area contributed by atoms with Crippen LogP contribution < -0.4 is 10.9 Å². The van der Waals surface area contributed by atoms with E-state index in [-0.39, 0.29) is 28.0 Å². The Morgan fingerprint density at radius 1 is 0.818 bits per heavy atom. The molecule has 10 nitrogen and oxygen atoms in total. The van der Waals surface area contributed by atoms with Crippen LogP contribution in [-0.2, 0) is 9.59 Å². The van der Waals surface area contributed by atoms with E-state index in [0.29, 0.717) is 0 Å². The van der Waals surface area contributed by atoms with Gasteiger partial charge in [0, 0.05) is 13.8 Å². The SMILES string of the molecule is CC(=O)C(=N\O)/C(C)=N\NC(=S)N/N=C(C)\C(=N\O)C(C)=O. The fourth-order valence-electron chi connectivity index (χ4n) is 1.20. The highest BCUT2D eigenvalue weighted by atomic mass is 32.1. The molecule has 0 amide bonds. The number of hydrogen-bond donors (Lipinski definition) is 4. The summed E-state index contributed by atoms with van der Waals surface area (Å²) < 4.78 is 0. The zero-order valence-corrected chi connectivity index (χ0v) is 13.2. The zero-order valence-electron chi connectivity index (χ0n) is 12.4. The van der Waals surface area contributed by atoms with Gasteiger partial charge in [-0.15, -0.1) is 0 Å². The van der Waals surface area contributed by atoms with Gasteiger partial charge in [0.05, 0.1) is 11.4 Å². The lowest BCUT2D eigenvalue weighted by Crippen LogP contribution is -2.32. The highest BCUT2D eigenvalue weighted by molar-refractivity contribution is 7.80. The summed E-state index contributed by atoms with van der Waals surface area (Å²) in [5, 5.41) is 30.4. The van der Waals surface area contributed by atoms with Crippen LogP contribution in [0.2, 0.25) is 0 Å². The van der Waals surface area contributed by atoms with Gasteiger partial charge in [-0.05, 0) is 26.1 Å². The number of carbonyl (C=O) groups is 2. The third-order valence-corrected chi connectivity index (χ3v) is 2.39. The number of thiocarbonyl (C=S) groups is 1. The van der Waals surface area contributed by atoms with Crippen molar-refractivity contribution in [1.29, 1.82) is 0 Å². The number of nitrogens with zero attached hydrogens (tertiary/aromatic N) is 4. The molecule has 0 radical (unpaired) electrons. The van der Waals surface area contributed by atoms with E-state index in [9.17, 15) is 9.59 Å². The van der Waals surface area contributed by atoms with Gasteiger partial charge in [-0.25, -0.2) is 0 Å². The molecule has 0 aliphatic rings. The van der Waals surface area contributed by atoms with Crippen LogP contribution in [0, 0.1) is 0 Å². The first kappa shape index (κ1) is 19.3. The number of oxime groups is 2. The molecule has 120 valence electrons. The predicted octanol–water partition coefficient (Wildman–Crippen LogP) is 0.0407. The molecule has 0 spiro atoms. The molecule has 0 heterocycles. The van der Waals surface area contributed by atoms with Gasteiger partial charge in [0.25, 0.3) is 0 Å². The van der Waals surface area contributed by atoms with E-state index in [1.54, 1.807) is 0 Å². The first-order valence-corrected chi connectivity index (χ1v) is 6.26. The third kappa shape index (κ3) is 6.17. The second kappa shape index (κ2) is 9.28. The second-order valence-corrected chi connectivity index (χ2v) is 4.36. The third-order valence-electron chi connectivity index (χ3n) is 2.20. The molecule has 0 bridgehead atoms. The number of hydrazone groups is 2. The van der Waals surface area contributed by atoms with Crippen molar-refractivity contribution < 1.29 is 20.0 Å². The standard InChI is InChI=1S/C11H16N6O4S/c1-5(9(16-20)7(3)18)12-14-11(22)15-13-6(2)10(17-21)8(4)19/h20-21H,1-4H3,(H2,14,15,22)/b12-5-,13-6-,16-9-,17-10-. The van der Waals surface area contributed by atoms with Gasteiger partial charge in [-0.3, -0.25) is 20.4 Å². The second-order valence-electron chi connectivity index (χ2n) is 3.96. The van der Waals surface area contributed by atoms with Crippen molar-refractivity contribution in [3.8, 4) is 0 Å². The van der Waals surface area contributed by atoms with Gasteiger partial charge < -0.3 is 10.4 Å². The molecule has 0 saturated heterocycles. The van der Waals surface area contributed by atoms with E-state index >= 15 is 0 Å². The number of nitrogens with one attached hydrogen (secondary N) is 2. The Balaban J connectivity index is 4.79. The maximum atomic E-state index is 11.1. The minimum absolute atomic E-state index is 0.0552. The molecular formula is C11H16N6O4S. The van der Waals surface area contributed by atoms with Gasteiger partial charge in [0.1, 0.15) is 0 Å². The smallest absolute Gasteiger partial charge is 0.207 e. The van der Waals surface area contributed by atoms with E-state index in [2.05, 4.69) is 31.4 Å². The van der Waals surface area contributed by atoms with Crippen molar-refractivity contribution in [2.45, 2.75) is 27.7 Å². The van der Waals surface area contributed by atoms with Crippen LogP contribution in [-0.4, -0.2) is 49.9 Å². The van der Waals surface area contributed by atoms with Crippen LogP contribution in [0.5, 0.6) is 0 Å². The summed E-state index contributed by atoms with van der Waals surface area (Å²) in [5.41, 5.74) is 4.51. The summed E-state index contributed by atoms with van der Waals surface area (Å²) in [6.45, 7) is 5.31. The van der Waals surface area contributed by atoms with Crippen LogP contribution in [0.25, 0.3) is 0 Å². The molecule has 0 rings (SSSR count). The average molecular weight is 328 g/mol. The first-order chi connectivity index (χ1) is 10.2. The molecule has 0 aliphatic heterocycles. The fourth-order valence-corrected chi connectivity index (χ4v) is 1.29. The zero-order chi connectivity index (χ0) is 17.3. The largest absolute Gasteiger partial charge is 0.410 e. The molecule has 4 N–H and O–H groups in total. The molecule has 0 aliphatic carbocycles. The summed E-state index contributed by atoms with van der Waals surface area (Å²) in [4.78, 5) is 22.2. The molecule has 0 aromatic heterocycles. The lowest BCUT2D eigenvalue weighted by Gasteiger charge is -2.05. The van der Waals surface area contributed by atoms with Gasteiger partial charge in [0.15, 0.2) is 23.0 Å². The lowest BCUT2D eigenvalue weighted by molar-refractivity contribution is -0.111. The van der Waals surface area contributed by atoms with Crippen LogP contribution >= 0.6 is 12.2 Å². The Morgan fingerprint density at radius 3 is 1.36 bits per heavy atom. The molecule has 22 heavy (non-hydrogen) atoms. The minimum atomic E-state index is -0.469. The first-order valence-electron chi connectivity index (χ1n) is 5.85. The number of ketones is 2. The van der Waals surface area contributed by atoms with Crippen molar-refractivity contribution in [3.63, 3.8) is 0 Å². The fraction of sp³-hybridized carbons (Fsp3) is 0.364. The average Bonchev–Trinajstić information content (AvgIpc) is 2.43. The lowest BCUT2D eigenvalue weighted by atomic mass is 10.2. The summed E-state index contributed by atoms with van der Waals surface area (Å²) in [6.07, 6.45) is 0. The molecular weight excluding hydrogens is 312 g/mol. The van der Waals surface area contributed by atoms with Gasteiger partial charge in [0.2, 0.25) is 5.11 Å². The Hall–Kier alpha value is -2.69. The van der Waals surface area contributed by atoms with Crippen LogP contribution in [0.4, 0.5) is 0 Å². The normalized spacial score (nSPS) is 13.6. The topological polar surface area (TPSA) is 148 Å². The minimum Gasteiger partial charge on any atom is -0.410 e. The van der Waals surface area contributed by atoms with Crippen molar-refractivity contribution >= 4 is 51.7 Å². The molecule has 0 atom stereocenters. The molecule has 0 unspecified atom stereocenters. The number of rotatable bonds is 6. The van der Waals surface area contributed by atoms with Crippen molar-refractivity contribution in [3.05, 3.63) is 0 Å². The van der Waals surface area contributed by atoms with Crippen molar-refractivity contribution in [1.82, 2.24) is 10.9 Å². The Labute approximate surface area is 131 Å². The van der Waals surface area contributed by atoms with Crippen LogP contribution in [0.1, 0.15) is 27.7 Å². The highest BCUT2D eigenvalue weighted by Gasteiger charge is 2.12. The van der Waals surface area contributed by atoms with Gasteiger partial charge >= 0.3 is 0 Å². The summed E-state index contributed by atoms with van der Waals surface area (Å²) in [6, 6.07) is 0. The Morgan fingerprint density at radius 2 is 1.14 bits per heavy atom. The monoisotopic (exact) mass is 328 g/mol. The summed E-state index contributed by atoms with van der Waals surface area (Å²) >= 11 is 4.86.